The zero-order chi connectivity index (χ0) is 51.5. The van der Waals surface area contributed by atoms with Gasteiger partial charge < -0.3 is 38.9 Å². The largest absolute Gasteiger partial charge is 0.496 e. The first-order valence-corrected chi connectivity index (χ1v) is 24.3. The number of benzene rings is 5. The number of carbonyl (C=O) groups is 2. The summed E-state index contributed by atoms with van der Waals surface area (Å²) in [6.45, 7) is 3.94. The van der Waals surface area contributed by atoms with Crippen molar-refractivity contribution < 1.29 is 52.9 Å². The molecule has 378 valence electrons. The van der Waals surface area contributed by atoms with Crippen molar-refractivity contribution in [2.75, 3.05) is 26.9 Å². The summed E-state index contributed by atoms with van der Waals surface area (Å²) in [5.74, 6) is -2.22. The molecule has 6 atom stereocenters. The number of nitrogens with zero attached hydrogens (tertiary/aromatic N) is 4. The lowest BCUT2D eigenvalue weighted by atomic mass is 9.55. The van der Waals surface area contributed by atoms with Gasteiger partial charge in [0.15, 0.2) is 6.29 Å². The minimum Gasteiger partial charge on any atom is -0.496 e. The van der Waals surface area contributed by atoms with Crippen LogP contribution in [-0.4, -0.2) is 76.7 Å². The molecule has 1 saturated carbocycles. The van der Waals surface area contributed by atoms with Crippen LogP contribution in [0.3, 0.4) is 0 Å². The van der Waals surface area contributed by atoms with Crippen LogP contribution in [0.2, 0.25) is 0 Å². The Labute approximate surface area is 422 Å². The third-order valence-corrected chi connectivity index (χ3v) is 13.9. The highest BCUT2D eigenvalue weighted by Crippen LogP contribution is 2.62. The molecule has 16 heteroatoms. The number of aliphatic hydroxyl groups is 2. The average molecular weight is 993 g/mol. The Morgan fingerprint density at radius 2 is 1.66 bits per heavy atom. The standard InChI is InChI=1S/C57H57FN4O11/c1-3-28-70-57-53(61(34-38-12-18-43(58)19-13-38)56(66)40-16-10-37(33-59)11-17-40)32-50(60-71-36-39-14-20-44(21-15-39)62(67)68)48-30-41(8-4-6-26-63)47(9-5-7-27-64)54(55(48)57)49-31-46(23-25-52(49)73-57)72-45-22-24-51(69-2)42(29-45)35-65/h3,10-25,29-31,35,41,47,53-55,63-64H,1,4-9,26-28,32,34,36H2,2H3. The fourth-order valence-corrected chi connectivity index (χ4v) is 10.6. The maximum absolute atomic E-state index is 15.4. The van der Waals surface area contributed by atoms with Crippen molar-refractivity contribution in [3.8, 4) is 29.1 Å². The van der Waals surface area contributed by atoms with Gasteiger partial charge in [-0.25, -0.2) is 4.39 Å². The predicted octanol–water partition coefficient (Wildman–Crippen LogP) is 10.4. The monoisotopic (exact) mass is 992 g/mol. The number of aliphatic hydroxyl groups excluding tert-OH is 2. The van der Waals surface area contributed by atoms with Crippen LogP contribution in [0.25, 0.3) is 0 Å². The molecule has 1 amide bonds. The van der Waals surface area contributed by atoms with Gasteiger partial charge in [-0.2, -0.15) is 5.26 Å². The first-order valence-electron chi connectivity index (χ1n) is 24.3. The number of aldehydes is 1. The molecule has 0 aromatic heterocycles. The van der Waals surface area contributed by atoms with E-state index in [2.05, 4.69) is 18.7 Å². The molecule has 1 fully saturated rings. The molecule has 5 aromatic rings. The Balaban J connectivity index is 1.36. The molecule has 1 heterocycles. The fraction of sp³-hybridized carbons (Fsp3) is 0.333. The summed E-state index contributed by atoms with van der Waals surface area (Å²) in [6, 6.07) is 29.7. The van der Waals surface area contributed by atoms with Crippen molar-refractivity contribution in [3.63, 3.8) is 0 Å². The van der Waals surface area contributed by atoms with Gasteiger partial charge in [0.1, 0.15) is 41.5 Å². The van der Waals surface area contributed by atoms with E-state index in [1.54, 1.807) is 83.8 Å². The van der Waals surface area contributed by atoms with Crippen LogP contribution in [0.15, 0.2) is 139 Å². The van der Waals surface area contributed by atoms with Gasteiger partial charge in [0, 0.05) is 55.4 Å². The number of amides is 1. The van der Waals surface area contributed by atoms with Crippen molar-refractivity contribution in [3.05, 3.63) is 183 Å². The van der Waals surface area contributed by atoms with E-state index >= 15 is 4.79 Å². The number of ether oxygens (including phenoxy) is 4. The molecule has 5 aromatic carbocycles. The number of carbonyl (C=O) groups excluding carboxylic acids is 2. The number of nitro benzene ring substituents is 1. The van der Waals surface area contributed by atoms with Crippen molar-refractivity contribution in [1.82, 2.24) is 4.90 Å². The molecule has 0 bridgehead atoms. The van der Waals surface area contributed by atoms with E-state index in [9.17, 15) is 34.8 Å². The molecule has 2 N–H and O–H groups in total. The third-order valence-electron chi connectivity index (χ3n) is 13.9. The Hall–Kier alpha value is -7.71. The Morgan fingerprint density at radius 3 is 2.33 bits per heavy atom. The van der Waals surface area contributed by atoms with Crippen molar-refractivity contribution in [1.29, 1.82) is 5.26 Å². The summed E-state index contributed by atoms with van der Waals surface area (Å²) in [4.78, 5) is 46.3. The minimum atomic E-state index is -1.67. The van der Waals surface area contributed by atoms with Crippen LogP contribution >= 0.6 is 0 Å². The van der Waals surface area contributed by atoms with Gasteiger partial charge >= 0.3 is 0 Å². The van der Waals surface area contributed by atoms with E-state index in [1.807, 2.05) is 12.1 Å². The van der Waals surface area contributed by atoms with E-state index < -0.39 is 40.3 Å². The number of hydrogen-bond donors (Lipinski definition) is 2. The molecule has 6 unspecified atom stereocenters. The van der Waals surface area contributed by atoms with E-state index in [1.165, 1.54) is 31.4 Å². The molecule has 0 saturated heterocycles. The van der Waals surface area contributed by atoms with Gasteiger partial charge in [0.25, 0.3) is 11.6 Å². The normalized spacial score (nSPS) is 21.1. The second-order valence-electron chi connectivity index (χ2n) is 18.3. The number of rotatable bonds is 23. The molecular formula is C57H57FN4O11. The minimum absolute atomic E-state index is 0.00621. The predicted molar refractivity (Wildman–Crippen MR) is 269 cm³/mol. The third kappa shape index (κ3) is 11.3. The second-order valence-corrected chi connectivity index (χ2v) is 18.3. The summed E-state index contributed by atoms with van der Waals surface area (Å²) in [5, 5.41) is 46.1. The lowest BCUT2D eigenvalue weighted by Gasteiger charge is -2.60. The lowest BCUT2D eigenvalue weighted by Crippen LogP contribution is -2.70. The molecule has 0 spiro atoms. The van der Waals surface area contributed by atoms with Gasteiger partial charge in [-0.3, -0.25) is 19.7 Å². The molecule has 15 nitrogen and oxygen atoms in total. The SMILES string of the molecule is C=CCOC12Oc3ccc(Oc4ccc(OC)c(C=O)c4)cc3C3C(CCCCO)C(CCCCO)C=C(C(=NOCc4ccc([N+](=O)[O-])cc4)CC1N(Cc1ccc(F)cc1)C(=O)c1ccc(C#N)cc1)C32. The lowest BCUT2D eigenvalue weighted by molar-refractivity contribution is -0.384. The van der Waals surface area contributed by atoms with Crippen molar-refractivity contribution >= 4 is 23.6 Å². The van der Waals surface area contributed by atoms with Gasteiger partial charge in [-0.05, 0) is 139 Å². The molecular weight excluding hydrogens is 936 g/mol. The first kappa shape index (κ1) is 51.6. The molecule has 8 rings (SSSR count). The Bertz CT molecular complexity index is 2880. The number of halogens is 1. The second kappa shape index (κ2) is 23.7. The number of oxime groups is 1. The van der Waals surface area contributed by atoms with Crippen LogP contribution in [0, 0.1) is 45.0 Å². The zero-order valence-corrected chi connectivity index (χ0v) is 40.4. The van der Waals surface area contributed by atoms with Gasteiger partial charge in [0.05, 0.1) is 47.5 Å². The van der Waals surface area contributed by atoms with Gasteiger partial charge in [-0.15, -0.1) is 6.58 Å². The summed E-state index contributed by atoms with van der Waals surface area (Å²) in [6.07, 6.45) is 8.40. The maximum atomic E-state index is 15.4. The van der Waals surface area contributed by atoms with Gasteiger partial charge in [0.2, 0.25) is 5.79 Å². The molecule has 0 radical (unpaired) electrons. The number of unbranched alkanes of at least 4 members (excludes halogenated alkanes) is 2. The smallest absolute Gasteiger partial charge is 0.269 e. The molecule has 3 aliphatic rings. The average Bonchev–Trinajstić information content (AvgIpc) is 3.42. The van der Waals surface area contributed by atoms with Crippen molar-refractivity contribution in [2.24, 2.45) is 22.9 Å². The highest BCUT2D eigenvalue weighted by atomic mass is 19.1. The number of nitro groups is 1. The van der Waals surface area contributed by atoms with Gasteiger partial charge in [-0.1, -0.05) is 42.3 Å². The highest BCUT2D eigenvalue weighted by Gasteiger charge is 2.65. The quantitative estimate of drug-likeness (QED) is 0.0206. The number of hydrogen-bond acceptors (Lipinski definition) is 13. The van der Waals surface area contributed by atoms with Crippen molar-refractivity contribution in [2.45, 2.75) is 75.8 Å². The van der Waals surface area contributed by atoms with Crippen LogP contribution in [0.4, 0.5) is 10.1 Å². The number of nitriles is 1. The summed E-state index contributed by atoms with van der Waals surface area (Å²) in [5.41, 5.74) is 4.14. The topological polar surface area (TPSA) is 203 Å². The Kier molecular flexibility index (Phi) is 16.7. The number of non-ortho nitro benzene ring substituents is 1. The summed E-state index contributed by atoms with van der Waals surface area (Å²) < 4.78 is 41.0. The van der Waals surface area contributed by atoms with E-state index in [4.69, 9.17) is 28.9 Å². The van der Waals surface area contributed by atoms with E-state index in [0.717, 1.165) is 11.1 Å². The first-order chi connectivity index (χ1) is 35.5. The molecule has 1 aliphatic heterocycles. The maximum Gasteiger partial charge on any atom is 0.269 e. The highest BCUT2D eigenvalue weighted by molar-refractivity contribution is 6.03. The number of fused-ring (bicyclic) bond motifs is 2. The molecule has 73 heavy (non-hydrogen) atoms. The van der Waals surface area contributed by atoms with Crippen LogP contribution in [-0.2, 0) is 22.7 Å². The zero-order valence-electron chi connectivity index (χ0n) is 40.4. The Morgan fingerprint density at radius 1 is 0.959 bits per heavy atom. The van der Waals surface area contributed by atoms with Crippen LogP contribution in [0.1, 0.15) is 93.8 Å². The van der Waals surface area contributed by atoms with E-state index in [-0.39, 0.29) is 62.5 Å². The number of methoxy groups -OCH3 is 1. The van der Waals surface area contributed by atoms with Crippen LogP contribution < -0.4 is 14.2 Å². The van der Waals surface area contributed by atoms with E-state index in [0.29, 0.717) is 95.8 Å². The summed E-state index contributed by atoms with van der Waals surface area (Å²) in [7, 11) is 1.48. The summed E-state index contributed by atoms with van der Waals surface area (Å²) >= 11 is 0. The van der Waals surface area contributed by atoms with Crippen LogP contribution in [0.5, 0.6) is 23.0 Å². The number of allylic oxidation sites excluding steroid dienone is 1. The molecule has 2 aliphatic carbocycles. The fourth-order valence-electron chi connectivity index (χ4n) is 10.6.